The number of hydrogen-bond donors (Lipinski definition) is 0. The smallest absolute Gasteiger partial charge is 0.198 e. The second-order valence-electron chi connectivity index (χ2n) is 6.80. The Balaban J connectivity index is 2.03. The first-order chi connectivity index (χ1) is 10.9. The molecule has 2 rings (SSSR count). The van der Waals surface area contributed by atoms with Gasteiger partial charge in [0, 0.05) is 0 Å². The van der Waals surface area contributed by atoms with Crippen LogP contribution in [-0.4, -0.2) is 16.6 Å². The van der Waals surface area contributed by atoms with Crippen LogP contribution in [0, 0.1) is 0 Å². The van der Waals surface area contributed by atoms with Gasteiger partial charge >= 0.3 is 0 Å². The van der Waals surface area contributed by atoms with Gasteiger partial charge < -0.3 is 4.12 Å². The third-order valence-corrected chi connectivity index (χ3v) is 9.63. The molecular formula is C20H26OSi2. The summed E-state index contributed by atoms with van der Waals surface area (Å²) >= 11 is 0. The molecule has 0 atom stereocenters. The molecule has 2 aromatic rings. The SMILES string of the molecule is C[Si](C)(/C=C/c1ccccc1)O[Si](C)(C)/C=C/c1ccccc1. The summed E-state index contributed by atoms with van der Waals surface area (Å²) in [6.45, 7) is 9.05. The van der Waals surface area contributed by atoms with Crippen LogP contribution in [-0.2, 0) is 4.12 Å². The molecule has 23 heavy (non-hydrogen) atoms. The largest absolute Gasteiger partial charge is 0.449 e. The van der Waals surface area contributed by atoms with E-state index >= 15 is 0 Å². The highest BCUT2D eigenvalue weighted by atomic mass is 28.4. The molecule has 0 heterocycles. The molecule has 3 heteroatoms. The van der Waals surface area contributed by atoms with Crippen molar-refractivity contribution in [1.82, 2.24) is 0 Å². The van der Waals surface area contributed by atoms with Crippen molar-refractivity contribution in [2.75, 3.05) is 0 Å². The maximum absolute atomic E-state index is 6.57. The van der Waals surface area contributed by atoms with Gasteiger partial charge in [0.15, 0.2) is 16.6 Å². The van der Waals surface area contributed by atoms with Gasteiger partial charge in [-0.3, -0.25) is 0 Å². The van der Waals surface area contributed by atoms with Gasteiger partial charge in [0.2, 0.25) is 0 Å². The first-order valence-electron chi connectivity index (χ1n) is 8.05. The molecule has 0 aliphatic carbocycles. The van der Waals surface area contributed by atoms with E-state index in [-0.39, 0.29) is 0 Å². The minimum atomic E-state index is -1.83. The van der Waals surface area contributed by atoms with Crippen LogP contribution >= 0.6 is 0 Å². The second kappa shape index (κ2) is 7.73. The molecule has 120 valence electrons. The van der Waals surface area contributed by atoms with Gasteiger partial charge in [0.05, 0.1) is 0 Å². The zero-order valence-electron chi connectivity index (χ0n) is 14.5. The highest BCUT2D eigenvalue weighted by molar-refractivity contribution is 6.90. The van der Waals surface area contributed by atoms with Crippen LogP contribution in [0.2, 0.25) is 26.2 Å². The van der Waals surface area contributed by atoms with E-state index in [4.69, 9.17) is 4.12 Å². The van der Waals surface area contributed by atoms with Crippen LogP contribution in [0.5, 0.6) is 0 Å². The molecule has 0 amide bonds. The van der Waals surface area contributed by atoms with Gasteiger partial charge in [-0.25, -0.2) is 0 Å². The van der Waals surface area contributed by atoms with E-state index in [1.807, 2.05) is 12.1 Å². The van der Waals surface area contributed by atoms with E-state index in [1.165, 1.54) is 11.1 Å². The topological polar surface area (TPSA) is 9.23 Å². The Bertz CT molecular complexity index is 599. The number of benzene rings is 2. The molecule has 2 aromatic carbocycles. The van der Waals surface area contributed by atoms with E-state index in [0.29, 0.717) is 0 Å². The summed E-state index contributed by atoms with van der Waals surface area (Å²) in [5, 5.41) is 0. The molecule has 1 nitrogen and oxygen atoms in total. The summed E-state index contributed by atoms with van der Waals surface area (Å²) < 4.78 is 6.57. The highest BCUT2D eigenvalue weighted by Gasteiger charge is 2.29. The molecule has 0 spiro atoms. The average Bonchev–Trinajstić information content (AvgIpc) is 2.52. The minimum absolute atomic E-state index is 1.23. The van der Waals surface area contributed by atoms with Crippen LogP contribution in [0.3, 0.4) is 0 Å². The third kappa shape index (κ3) is 6.52. The fourth-order valence-electron chi connectivity index (χ4n) is 2.47. The quantitative estimate of drug-likeness (QED) is 0.594. The Morgan fingerprint density at radius 2 is 0.957 bits per heavy atom. The molecule has 0 N–H and O–H groups in total. The fourth-order valence-corrected chi connectivity index (χ4v) is 9.62. The summed E-state index contributed by atoms with van der Waals surface area (Å²) in [5.41, 5.74) is 7.04. The number of hydrogen-bond acceptors (Lipinski definition) is 1. The molecule has 0 bridgehead atoms. The van der Waals surface area contributed by atoms with Crippen molar-refractivity contribution in [2.24, 2.45) is 0 Å². The molecule has 0 saturated carbocycles. The molecule has 0 saturated heterocycles. The highest BCUT2D eigenvalue weighted by Crippen LogP contribution is 2.19. The van der Waals surface area contributed by atoms with E-state index in [9.17, 15) is 0 Å². The Morgan fingerprint density at radius 3 is 1.30 bits per heavy atom. The van der Waals surface area contributed by atoms with Gasteiger partial charge in [0.25, 0.3) is 0 Å². The van der Waals surface area contributed by atoms with Gasteiger partial charge in [-0.2, -0.15) is 0 Å². The van der Waals surface area contributed by atoms with Crippen molar-refractivity contribution in [2.45, 2.75) is 26.2 Å². The van der Waals surface area contributed by atoms with Crippen LogP contribution in [0.1, 0.15) is 11.1 Å². The van der Waals surface area contributed by atoms with Crippen molar-refractivity contribution < 1.29 is 4.12 Å². The van der Waals surface area contributed by atoms with Crippen molar-refractivity contribution in [3.8, 4) is 0 Å². The predicted molar refractivity (Wildman–Crippen MR) is 107 cm³/mol. The van der Waals surface area contributed by atoms with Crippen LogP contribution in [0.25, 0.3) is 12.2 Å². The zero-order valence-corrected chi connectivity index (χ0v) is 16.5. The molecule has 0 aliphatic heterocycles. The van der Waals surface area contributed by atoms with Gasteiger partial charge in [-0.1, -0.05) is 84.2 Å². The van der Waals surface area contributed by atoms with Crippen LogP contribution in [0.15, 0.2) is 72.1 Å². The third-order valence-electron chi connectivity index (χ3n) is 3.48. The first-order valence-corrected chi connectivity index (χ1v) is 14.0. The Labute approximate surface area is 142 Å². The lowest BCUT2D eigenvalue weighted by atomic mass is 10.2. The van der Waals surface area contributed by atoms with Gasteiger partial charge in [0.1, 0.15) is 0 Å². The molecular weight excluding hydrogens is 312 g/mol. The van der Waals surface area contributed by atoms with Gasteiger partial charge in [-0.15, -0.1) is 0 Å². The van der Waals surface area contributed by atoms with Crippen molar-refractivity contribution >= 4 is 28.8 Å². The standard InChI is InChI=1S/C20H26OSi2/c1-22(2,17-15-19-11-7-5-8-12-19)21-23(3,4)18-16-20-13-9-6-10-14-20/h5-18H,1-4H3/b17-15+,18-16+. The molecule has 0 unspecified atom stereocenters. The Kier molecular flexibility index (Phi) is 5.94. The lowest BCUT2D eigenvalue weighted by Gasteiger charge is -2.29. The lowest BCUT2D eigenvalue weighted by Crippen LogP contribution is -2.42. The van der Waals surface area contributed by atoms with Crippen LogP contribution < -0.4 is 0 Å². The summed E-state index contributed by atoms with van der Waals surface area (Å²) in [7, 11) is -3.66. The van der Waals surface area contributed by atoms with Crippen molar-refractivity contribution in [1.29, 1.82) is 0 Å². The Morgan fingerprint density at radius 1 is 0.609 bits per heavy atom. The van der Waals surface area contributed by atoms with Crippen molar-refractivity contribution in [3.05, 3.63) is 83.2 Å². The predicted octanol–water partition coefficient (Wildman–Crippen LogP) is 5.92. The molecule has 0 aliphatic rings. The normalized spacial score (nSPS) is 13.0. The van der Waals surface area contributed by atoms with Gasteiger partial charge in [-0.05, 0) is 37.3 Å². The maximum Gasteiger partial charge on any atom is 0.198 e. The van der Waals surface area contributed by atoms with E-state index in [0.717, 1.165) is 0 Å². The lowest BCUT2D eigenvalue weighted by molar-refractivity contribution is 0.571. The zero-order chi connectivity index (χ0) is 16.8. The van der Waals surface area contributed by atoms with E-state index in [2.05, 4.69) is 98.3 Å². The second-order valence-corrected chi connectivity index (χ2v) is 14.7. The summed E-state index contributed by atoms with van der Waals surface area (Å²) in [4.78, 5) is 0. The summed E-state index contributed by atoms with van der Waals surface area (Å²) in [6, 6.07) is 20.8. The number of rotatable bonds is 6. The molecule has 0 aromatic heterocycles. The monoisotopic (exact) mass is 338 g/mol. The average molecular weight is 339 g/mol. The summed E-state index contributed by atoms with van der Waals surface area (Å²) in [6.07, 6.45) is 4.38. The first kappa shape index (κ1) is 17.7. The Hall–Kier alpha value is -1.69. The minimum Gasteiger partial charge on any atom is -0.449 e. The van der Waals surface area contributed by atoms with E-state index in [1.54, 1.807) is 0 Å². The molecule has 0 fully saturated rings. The van der Waals surface area contributed by atoms with E-state index < -0.39 is 16.6 Å². The fraction of sp³-hybridized carbons (Fsp3) is 0.200. The molecule has 0 radical (unpaired) electrons. The summed E-state index contributed by atoms with van der Waals surface area (Å²) in [5.74, 6) is 0. The van der Waals surface area contributed by atoms with Crippen LogP contribution in [0.4, 0.5) is 0 Å². The maximum atomic E-state index is 6.57. The van der Waals surface area contributed by atoms with Crippen molar-refractivity contribution in [3.63, 3.8) is 0 Å².